The fourth-order valence-corrected chi connectivity index (χ4v) is 5.09. The second-order valence-electron chi connectivity index (χ2n) is 11.5. The Kier molecular flexibility index (Phi) is 13.2. The second-order valence-corrected chi connectivity index (χ2v) is 11.5. The van der Waals surface area contributed by atoms with E-state index in [1.54, 1.807) is 0 Å². The van der Waals surface area contributed by atoms with E-state index < -0.39 is 0 Å². The number of quaternary nitrogens is 2. The average Bonchev–Trinajstić information content (AvgIpc) is 2.48. The van der Waals surface area contributed by atoms with Gasteiger partial charge in [-0.1, -0.05) is 34.3 Å². The Labute approximate surface area is 201 Å². The van der Waals surface area contributed by atoms with Gasteiger partial charge >= 0.3 is 5.97 Å². The minimum Gasteiger partial charge on any atom is -1.00 e. The summed E-state index contributed by atoms with van der Waals surface area (Å²) >= 11 is 0. The van der Waals surface area contributed by atoms with Crippen molar-refractivity contribution in [3.05, 3.63) is 12.7 Å². The Morgan fingerprint density at radius 2 is 1.45 bits per heavy atom. The quantitative estimate of drug-likeness (QED) is 0.142. The summed E-state index contributed by atoms with van der Waals surface area (Å²) in [7, 11) is 9.29. The van der Waals surface area contributed by atoms with Gasteiger partial charge in [-0.05, 0) is 17.3 Å². The summed E-state index contributed by atoms with van der Waals surface area (Å²) < 4.78 is 7.16. The van der Waals surface area contributed by atoms with Crippen LogP contribution in [0.4, 0.5) is 0 Å². The van der Waals surface area contributed by atoms with Gasteiger partial charge in [-0.3, -0.25) is 0 Å². The lowest BCUT2D eigenvalue weighted by atomic mass is 9.63. The molecule has 174 valence electrons. The minimum absolute atomic E-state index is 0. The normalized spacial score (nSPS) is 18.9. The number of esters is 1. The molecule has 0 radical (unpaired) electrons. The van der Waals surface area contributed by atoms with Crippen molar-refractivity contribution in [1.82, 2.24) is 0 Å². The zero-order valence-electron chi connectivity index (χ0n) is 20.2. The first-order valence-electron chi connectivity index (χ1n) is 10.6. The lowest BCUT2D eigenvalue weighted by Crippen LogP contribution is -3.00. The lowest BCUT2D eigenvalue weighted by molar-refractivity contribution is -0.919. The third kappa shape index (κ3) is 11.9. The summed E-state index contributed by atoms with van der Waals surface area (Å²) in [4.78, 5) is 11.2. The van der Waals surface area contributed by atoms with Gasteiger partial charge in [0.1, 0.15) is 13.2 Å². The molecule has 0 amide bonds. The van der Waals surface area contributed by atoms with Gasteiger partial charge in [0.25, 0.3) is 0 Å². The second kappa shape index (κ2) is 12.2. The van der Waals surface area contributed by atoms with Crippen LogP contribution in [0.2, 0.25) is 0 Å². The van der Waals surface area contributed by atoms with Crippen LogP contribution in [-0.4, -0.2) is 75.4 Å². The first-order valence-corrected chi connectivity index (χ1v) is 10.6. The van der Waals surface area contributed by atoms with Crippen LogP contribution in [-0.2, 0) is 9.53 Å². The SMILES string of the molecule is C=CC(=O)OCC[N+](C)(C)CCCC[N+](C)(C)C1CC(C)(C)CC(C)(C)C1.[Br-].[Br-]. The maximum atomic E-state index is 11.2. The standard InChI is InChI=1S/C23H46N2O2.2BrH/c1-10-21(26)27-16-15-24(6,7)13-11-12-14-25(8,9)20-17-22(2,3)19-23(4,5)18-20;;/h10,20H,1,11-19H2,2-9H3;2*1H/q+2;;/p-2. The Morgan fingerprint density at radius 3 is 1.93 bits per heavy atom. The summed E-state index contributed by atoms with van der Waals surface area (Å²) in [6, 6.07) is 0.754. The first kappa shape index (κ1) is 31.3. The van der Waals surface area contributed by atoms with Crippen molar-refractivity contribution >= 4 is 5.97 Å². The van der Waals surface area contributed by atoms with Crippen molar-refractivity contribution in [2.45, 2.75) is 65.8 Å². The number of carbonyl (C=O) groups excluding carboxylic acids is 1. The lowest BCUT2D eigenvalue weighted by Gasteiger charge is -2.50. The van der Waals surface area contributed by atoms with Crippen molar-refractivity contribution in [3.63, 3.8) is 0 Å². The van der Waals surface area contributed by atoms with E-state index in [0.717, 1.165) is 28.1 Å². The van der Waals surface area contributed by atoms with E-state index in [-0.39, 0.29) is 39.9 Å². The van der Waals surface area contributed by atoms with Crippen LogP contribution in [0, 0.1) is 10.8 Å². The predicted molar refractivity (Wildman–Crippen MR) is 114 cm³/mol. The van der Waals surface area contributed by atoms with Crippen molar-refractivity contribution in [2.24, 2.45) is 10.8 Å². The zero-order valence-corrected chi connectivity index (χ0v) is 23.4. The molecule has 0 unspecified atom stereocenters. The third-order valence-electron chi connectivity index (χ3n) is 6.38. The molecule has 0 aliphatic heterocycles. The van der Waals surface area contributed by atoms with Crippen LogP contribution in [0.3, 0.4) is 0 Å². The van der Waals surface area contributed by atoms with Crippen LogP contribution in [0.15, 0.2) is 12.7 Å². The Balaban J connectivity index is 0. The number of nitrogens with zero attached hydrogens (tertiary/aromatic N) is 2. The Hall–Kier alpha value is 0.0900. The molecule has 1 rings (SSSR count). The number of hydrogen-bond donors (Lipinski definition) is 0. The molecule has 1 aliphatic rings. The van der Waals surface area contributed by atoms with Crippen molar-refractivity contribution in [3.8, 4) is 0 Å². The average molecular weight is 542 g/mol. The molecule has 0 aromatic carbocycles. The molecule has 1 saturated carbocycles. The van der Waals surface area contributed by atoms with Gasteiger partial charge in [-0.25, -0.2) is 4.79 Å². The van der Waals surface area contributed by atoms with Crippen LogP contribution >= 0.6 is 0 Å². The topological polar surface area (TPSA) is 26.3 Å². The van der Waals surface area contributed by atoms with E-state index >= 15 is 0 Å². The smallest absolute Gasteiger partial charge is 0.330 e. The maximum absolute atomic E-state index is 11.2. The molecule has 29 heavy (non-hydrogen) atoms. The fraction of sp³-hybridized carbons (Fsp3) is 0.870. The van der Waals surface area contributed by atoms with Gasteiger partial charge in [0.05, 0.1) is 47.3 Å². The highest BCUT2D eigenvalue weighted by atomic mass is 79.9. The van der Waals surface area contributed by atoms with Crippen LogP contribution in [0.25, 0.3) is 0 Å². The predicted octanol–water partition coefficient (Wildman–Crippen LogP) is -1.74. The largest absolute Gasteiger partial charge is 1.00 e. The summed E-state index contributed by atoms with van der Waals surface area (Å²) in [5.41, 5.74) is 0.896. The Bertz CT molecular complexity index is 501. The number of hydrogen-bond acceptors (Lipinski definition) is 2. The summed E-state index contributed by atoms with van der Waals surface area (Å²) in [6.45, 7) is 16.9. The molecule has 0 spiro atoms. The van der Waals surface area contributed by atoms with Crippen LogP contribution in [0.5, 0.6) is 0 Å². The number of ether oxygens (including phenoxy) is 1. The van der Waals surface area contributed by atoms with E-state index in [1.807, 2.05) is 0 Å². The van der Waals surface area contributed by atoms with Gasteiger partial charge in [-0.2, -0.15) is 0 Å². The number of halogens is 2. The monoisotopic (exact) mass is 540 g/mol. The minimum atomic E-state index is -0.327. The van der Waals surface area contributed by atoms with E-state index in [4.69, 9.17) is 4.74 Å². The number of rotatable bonds is 10. The number of unbranched alkanes of at least 4 members (excludes halogenated alkanes) is 1. The molecule has 1 fully saturated rings. The van der Waals surface area contributed by atoms with Gasteiger partial charge in [0, 0.05) is 31.8 Å². The highest BCUT2D eigenvalue weighted by Crippen LogP contribution is 2.48. The molecule has 4 nitrogen and oxygen atoms in total. The summed E-state index contributed by atoms with van der Waals surface area (Å²) in [5, 5.41) is 0. The molecular weight excluding hydrogens is 496 g/mol. The molecule has 0 heterocycles. The van der Waals surface area contributed by atoms with E-state index in [0.29, 0.717) is 17.4 Å². The molecule has 0 N–H and O–H groups in total. The molecule has 0 bridgehead atoms. The molecule has 1 aliphatic carbocycles. The van der Waals surface area contributed by atoms with Crippen molar-refractivity contribution < 1.29 is 52.5 Å². The summed E-state index contributed by atoms with van der Waals surface area (Å²) in [6.07, 6.45) is 7.69. The highest BCUT2D eigenvalue weighted by Gasteiger charge is 2.44. The van der Waals surface area contributed by atoms with Crippen LogP contribution < -0.4 is 34.0 Å². The van der Waals surface area contributed by atoms with Gasteiger partial charge < -0.3 is 47.7 Å². The van der Waals surface area contributed by atoms with Crippen molar-refractivity contribution in [2.75, 3.05) is 54.4 Å². The van der Waals surface area contributed by atoms with E-state index in [9.17, 15) is 4.79 Å². The summed E-state index contributed by atoms with van der Waals surface area (Å²) in [5.74, 6) is -0.327. The van der Waals surface area contributed by atoms with Crippen molar-refractivity contribution in [1.29, 1.82) is 0 Å². The highest BCUT2D eigenvalue weighted by molar-refractivity contribution is 5.81. The molecule has 0 atom stereocenters. The molecule has 0 saturated heterocycles. The Morgan fingerprint density at radius 1 is 0.966 bits per heavy atom. The molecule has 0 aromatic heterocycles. The third-order valence-corrected chi connectivity index (χ3v) is 6.38. The maximum Gasteiger partial charge on any atom is 0.330 e. The molecular formula is C23H46Br2N2O2. The number of carbonyl (C=O) groups is 1. The first-order chi connectivity index (χ1) is 12.2. The molecule has 0 aromatic rings. The molecule has 6 heteroatoms. The fourth-order valence-electron chi connectivity index (χ4n) is 5.09. The zero-order chi connectivity index (χ0) is 20.9. The van der Waals surface area contributed by atoms with Crippen LogP contribution in [0.1, 0.15) is 59.8 Å². The van der Waals surface area contributed by atoms with E-state index in [1.165, 1.54) is 44.7 Å². The van der Waals surface area contributed by atoms with Gasteiger partial charge in [0.2, 0.25) is 0 Å². The van der Waals surface area contributed by atoms with E-state index in [2.05, 4.69) is 62.5 Å². The van der Waals surface area contributed by atoms with Gasteiger partial charge in [-0.15, -0.1) is 0 Å². The number of likely N-dealkylation sites (N-methyl/N-ethyl adjacent to an activating group) is 1. The van der Waals surface area contributed by atoms with Gasteiger partial charge in [0.15, 0.2) is 0 Å².